The number of aromatic amines is 1. The van der Waals surface area contributed by atoms with Gasteiger partial charge in [-0.05, 0) is 31.2 Å². The summed E-state index contributed by atoms with van der Waals surface area (Å²) in [7, 11) is 0. The standard InChI is InChI=1S/C15H16Cl2N2O2/c1-2-18-5-3-4-6-21-15(20)11-9-19-13-8-10(16)7-12(17)14(11)13/h2,7-9,18-19H,1,3-6H2. The van der Waals surface area contributed by atoms with E-state index in [2.05, 4.69) is 16.9 Å². The van der Waals surface area contributed by atoms with Crippen molar-refractivity contribution in [3.63, 3.8) is 0 Å². The average molecular weight is 327 g/mol. The van der Waals surface area contributed by atoms with Crippen LogP contribution in [0.4, 0.5) is 0 Å². The maximum Gasteiger partial charge on any atom is 0.340 e. The van der Waals surface area contributed by atoms with Gasteiger partial charge >= 0.3 is 5.97 Å². The number of esters is 1. The van der Waals surface area contributed by atoms with Crippen LogP contribution in [0.5, 0.6) is 0 Å². The van der Waals surface area contributed by atoms with Gasteiger partial charge < -0.3 is 15.0 Å². The molecular formula is C15H16Cl2N2O2. The minimum absolute atomic E-state index is 0.371. The number of nitrogens with one attached hydrogen (secondary N) is 2. The lowest BCUT2D eigenvalue weighted by Gasteiger charge is -2.05. The van der Waals surface area contributed by atoms with Gasteiger partial charge in [0.25, 0.3) is 0 Å². The first kappa shape index (κ1) is 15.7. The fourth-order valence-corrected chi connectivity index (χ4v) is 2.61. The van der Waals surface area contributed by atoms with Crippen LogP contribution in [0.2, 0.25) is 10.0 Å². The molecule has 4 nitrogen and oxygen atoms in total. The number of rotatable bonds is 7. The molecule has 0 saturated carbocycles. The van der Waals surface area contributed by atoms with Crippen molar-refractivity contribution in [2.24, 2.45) is 0 Å². The molecule has 112 valence electrons. The number of carbonyl (C=O) groups excluding carboxylic acids is 1. The molecule has 0 aliphatic rings. The summed E-state index contributed by atoms with van der Waals surface area (Å²) in [5.74, 6) is -0.387. The lowest BCUT2D eigenvalue weighted by molar-refractivity contribution is 0.0501. The highest BCUT2D eigenvalue weighted by Crippen LogP contribution is 2.30. The van der Waals surface area contributed by atoms with Crippen LogP contribution in [0.25, 0.3) is 10.9 Å². The Morgan fingerprint density at radius 1 is 1.38 bits per heavy atom. The maximum absolute atomic E-state index is 12.1. The maximum atomic E-state index is 12.1. The normalized spacial score (nSPS) is 10.6. The van der Waals surface area contributed by atoms with E-state index in [1.54, 1.807) is 24.5 Å². The molecule has 1 aromatic carbocycles. The third-order valence-corrected chi connectivity index (χ3v) is 3.53. The summed E-state index contributed by atoms with van der Waals surface area (Å²) in [6, 6.07) is 3.33. The van der Waals surface area contributed by atoms with Gasteiger partial charge in [-0.2, -0.15) is 0 Å². The number of carbonyl (C=O) groups is 1. The van der Waals surface area contributed by atoms with Gasteiger partial charge in [0.15, 0.2) is 0 Å². The second kappa shape index (κ2) is 7.38. The van der Waals surface area contributed by atoms with Crippen LogP contribution in [0.1, 0.15) is 23.2 Å². The summed E-state index contributed by atoms with van der Waals surface area (Å²) < 4.78 is 5.26. The predicted octanol–water partition coefficient (Wildman–Crippen LogP) is 4.14. The van der Waals surface area contributed by atoms with E-state index in [1.165, 1.54) is 0 Å². The smallest absolute Gasteiger partial charge is 0.340 e. The minimum Gasteiger partial charge on any atom is -0.462 e. The lowest BCUT2D eigenvalue weighted by atomic mass is 10.2. The van der Waals surface area contributed by atoms with Crippen molar-refractivity contribution in [1.82, 2.24) is 10.3 Å². The highest BCUT2D eigenvalue weighted by molar-refractivity contribution is 6.39. The fourth-order valence-electron chi connectivity index (χ4n) is 2.02. The van der Waals surface area contributed by atoms with E-state index in [0.717, 1.165) is 24.9 Å². The van der Waals surface area contributed by atoms with Gasteiger partial charge in [0.1, 0.15) is 0 Å². The van der Waals surface area contributed by atoms with Crippen LogP contribution in [-0.2, 0) is 4.74 Å². The zero-order chi connectivity index (χ0) is 15.2. The summed E-state index contributed by atoms with van der Waals surface area (Å²) >= 11 is 12.1. The molecule has 0 atom stereocenters. The zero-order valence-corrected chi connectivity index (χ0v) is 12.9. The molecule has 0 saturated heterocycles. The van der Waals surface area contributed by atoms with E-state index in [1.807, 2.05) is 0 Å². The highest BCUT2D eigenvalue weighted by atomic mass is 35.5. The summed E-state index contributed by atoms with van der Waals surface area (Å²) in [6.07, 6.45) is 4.93. The number of benzene rings is 1. The molecule has 0 fully saturated rings. The van der Waals surface area contributed by atoms with Crippen LogP contribution in [-0.4, -0.2) is 24.1 Å². The van der Waals surface area contributed by atoms with Crippen LogP contribution in [0.3, 0.4) is 0 Å². The highest BCUT2D eigenvalue weighted by Gasteiger charge is 2.16. The third kappa shape index (κ3) is 3.93. The van der Waals surface area contributed by atoms with E-state index < -0.39 is 0 Å². The molecule has 1 aromatic heterocycles. The number of halogens is 2. The quantitative estimate of drug-likeness (QED) is 0.593. The van der Waals surface area contributed by atoms with E-state index in [0.29, 0.717) is 27.6 Å². The molecular weight excluding hydrogens is 311 g/mol. The Bertz CT molecular complexity index is 652. The molecule has 1 heterocycles. The van der Waals surface area contributed by atoms with Gasteiger partial charge in [0.2, 0.25) is 0 Å². The Kier molecular flexibility index (Phi) is 5.53. The number of hydrogen-bond acceptors (Lipinski definition) is 3. The molecule has 0 bridgehead atoms. The molecule has 2 rings (SSSR count). The molecule has 0 aliphatic carbocycles. The first-order valence-electron chi connectivity index (χ1n) is 6.61. The van der Waals surface area contributed by atoms with Crippen molar-refractivity contribution in [2.45, 2.75) is 12.8 Å². The number of aromatic nitrogens is 1. The lowest BCUT2D eigenvalue weighted by Crippen LogP contribution is -2.10. The molecule has 0 spiro atoms. The van der Waals surface area contributed by atoms with Gasteiger partial charge in [-0.25, -0.2) is 4.79 Å². The summed E-state index contributed by atoms with van der Waals surface area (Å²) in [6.45, 7) is 4.75. The number of unbranched alkanes of at least 4 members (excludes halogenated alkanes) is 1. The monoisotopic (exact) mass is 326 g/mol. The second-order valence-corrected chi connectivity index (χ2v) is 5.36. The van der Waals surface area contributed by atoms with E-state index in [9.17, 15) is 4.79 Å². The number of fused-ring (bicyclic) bond motifs is 1. The first-order chi connectivity index (χ1) is 10.1. The molecule has 0 unspecified atom stereocenters. The number of hydrogen-bond donors (Lipinski definition) is 2. The predicted molar refractivity (Wildman–Crippen MR) is 86.0 cm³/mol. The third-order valence-electron chi connectivity index (χ3n) is 3.01. The van der Waals surface area contributed by atoms with Crippen LogP contribution in [0.15, 0.2) is 31.1 Å². The Morgan fingerprint density at radius 3 is 2.95 bits per heavy atom. The molecule has 0 amide bonds. The molecule has 0 radical (unpaired) electrons. The van der Waals surface area contributed by atoms with Crippen LogP contribution in [0, 0.1) is 0 Å². The Labute approximate surface area is 133 Å². The summed E-state index contributed by atoms with van der Waals surface area (Å²) in [5.41, 5.74) is 1.14. The molecule has 2 N–H and O–H groups in total. The van der Waals surface area contributed by atoms with Crippen molar-refractivity contribution in [3.8, 4) is 0 Å². The molecule has 2 aromatic rings. The van der Waals surface area contributed by atoms with Crippen molar-refractivity contribution < 1.29 is 9.53 Å². The van der Waals surface area contributed by atoms with Gasteiger partial charge in [0, 0.05) is 28.7 Å². The van der Waals surface area contributed by atoms with E-state index in [4.69, 9.17) is 27.9 Å². The Hall–Kier alpha value is -1.65. The zero-order valence-electron chi connectivity index (χ0n) is 11.4. The van der Waals surface area contributed by atoms with Gasteiger partial charge in [-0.1, -0.05) is 29.8 Å². The molecule has 21 heavy (non-hydrogen) atoms. The summed E-state index contributed by atoms with van der Waals surface area (Å²) in [5, 5.41) is 4.58. The van der Waals surface area contributed by atoms with Gasteiger partial charge in [-0.15, -0.1) is 0 Å². The van der Waals surface area contributed by atoms with Crippen LogP contribution < -0.4 is 5.32 Å². The second-order valence-electron chi connectivity index (χ2n) is 4.51. The van der Waals surface area contributed by atoms with Crippen molar-refractivity contribution >= 4 is 40.1 Å². The number of H-pyrrole nitrogens is 1. The fraction of sp³-hybridized carbons (Fsp3) is 0.267. The average Bonchev–Trinajstić information content (AvgIpc) is 2.86. The van der Waals surface area contributed by atoms with E-state index >= 15 is 0 Å². The number of ether oxygens (including phenoxy) is 1. The summed E-state index contributed by atoms with van der Waals surface area (Å²) in [4.78, 5) is 15.1. The van der Waals surface area contributed by atoms with E-state index in [-0.39, 0.29) is 5.97 Å². The molecule has 6 heteroatoms. The van der Waals surface area contributed by atoms with Crippen molar-refractivity contribution in [1.29, 1.82) is 0 Å². The Balaban J connectivity index is 1.98. The Morgan fingerprint density at radius 2 is 2.19 bits per heavy atom. The minimum atomic E-state index is -0.387. The first-order valence-corrected chi connectivity index (χ1v) is 7.36. The van der Waals surface area contributed by atoms with Crippen molar-refractivity contribution in [3.05, 3.63) is 46.7 Å². The van der Waals surface area contributed by atoms with Crippen molar-refractivity contribution in [2.75, 3.05) is 13.2 Å². The van der Waals surface area contributed by atoms with Gasteiger partial charge in [0.05, 0.1) is 17.2 Å². The van der Waals surface area contributed by atoms with Crippen LogP contribution >= 0.6 is 23.2 Å². The topological polar surface area (TPSA) is 54.1 Å². The van der Waals surface area contributed by atoms with Gasteiger partial charge in [-0.3, -0.25) is 0 Å². The molecule has 0 aliphatic heterocycles. The largest absolute Gasteiger partial charge is 0.462 e. The SMILES string of the molecule is C=CNCCCCOC(=O)c1c[nH]c2cc(Cl)cc(Cl)c12.